The van der Waals surface area contributed by atoms with Gasteiger partial charge >= 0.3 is 0 Å². The van der Waals surface area contributed by atoms with Crippen LogP contribution < -0.4 is 10.5 Å². The third kappa shape index (κ3) is 2.96. The van der Waals surface area contributed by atoms with E-state index in [9.17, 15) is 0 Å². The Morgan fingerprint density at radius 3 is 2.58 bits per heavy atom. The summed E-state index contributed by atoms with van der Waals surface area (Å²) in [6.45, 7) is 6.38. The predicted molar refractivity (Wildman–Crippen MR) is 80.5 cm³/mol. The molecule has 1 atom stereocenters. The van der Waals surface area contributed by atoms with Gasteiger partial charge in [0.15, 0.2) is 0 Å². The van der Waals surface area contributed by atoms with Crippen LogP contribution in [0.4, 0.5) is 0 Å². The SMILES string of the molecule is COc1ccccc1-c1csc(C(N)C(C)(C)C)n1. The van der Waals surface area contributed by atoms with Crippen molar-refractivity contribution in [3.05, 3.63) is 34.7 Å². The number of para-hydroxylation sites is 1. The standard InChI is InChI=1S/C15H20N2OS/c1-15(2,3)13(16)14-17-11(9-19-14)10-7-5-6-8-12(10)18-4/h5-9,13H,16H2,1-4H3. The minimum absolute atomic E-state index is 0.00982. The van der Waals surface area contributed by atoms with E-state index in [1.807, 2.05) is 29.6 Å². The van der Waals surface area contributed by atoms with Gasteiger partial charge in [0, 0.05) is 10.9 Å². The van der Waals surface area contributed by atoms with E-state index in [0.717, 1.165) is 22.0 Å². The summed E-state index contributed by atoms with van der Waals surface area (Å²) in [5, 5.41) is 3.01. The number of nitrogens with zero attached hydrogens (tertiary/aromatic N) is 1. The van der Waals surface area contributed by atoms with Crippen molar-refractivity contribution in [2.24, 2.45) is 11.1 Å². The number of nitrogens with two attached hydrogens (primary N) is 1. The van der Waals surface area contributed by atoms with Crippen LogP contribution in [0.5, 0.6) is 5.75 Å². The van der Waals surface area contributed by atoms with Crippen molar-refractivity contribution >= 4 is 11.3 Å². The second-order valence-electron chi connectivity index (χ2n) is 5.61. The molecule has 0 aliphatic heterocycles. The number of hydrogen-bond donors (Lipinski definition) is 1. The Kier molecular flexibility index (Phi) is 3.92. The Hall–Kier alpha value is -1.39. The third-order valence-corrected chi connectivity index (χ3v) is 4.03. The van der Waals surface area contributed by atoms with E-state index in [4.69, 9.17) is 10.5 Å². The Bertz CT molecular complexity index is 557. The summed E-state index contributed by atoms with van der Waals surface area (Å²) in [6, 6.07) is 7.84. The van der Waals surface area contributed by atoms with Crippen LogP contribution in [0.25, 0.3) is 11.3 Å². The molecular weight excluding hydrogens is 256 g/mol. The smallest absolute Gasteiger partial charge is 0.128 e. The lowest BCUT2D eigenvalue weighted by molar-refractivity contribution is 0.326. The van der Waals surface area contributed by atoms with Gasteiger partial charge in [-0.1, -0.05) is 32.9 Å². The van der Waals surface area contributed by atoms with Gasteiger partial charge in [-0.15, -0.1) is 11.3 Å². The summed E-state index contributed by atoms with van der Waals surface area (Å²) in [5.74, 6) is 0.837. The van der Waals surface area contributed by atoms with Gasteiger partial charge in [-0.25, -0.2) is 4.98 Å². The molecular formula is C15H20N2OS. The third-order valence-electron chi connectivity index (χ3n) is 3.10. The summed E-state index contributed by atoms with van der Waals surface area (Å²) >= 11 is 1.61. The van der Waals surface area contributed by atoms with Crippen molar-refractivity contribution < 1.29 is 4.74 Å². The minimum Gasteiger partial charge on any atom is -0.496 e. The fraction of sp³-hybridized carbons (Fsp3) is 0.400. The van der Waals surface area contributed by atoms with E-state index in [1.54, 1.807) is 18.4 Å². The van der Waals surface area contributed by atoms with E-state index in [-0.39, 0.29) is 11.5 Å². The maximum atomic E-state index is 6.25. The summed E-state index contributed by atoms with van der Waals surface area (Å²) < 4.78 is 5.37. The first-order valence-corrected chi connectivity index (χ1v) is 7.16. The zero-order valence-electron chi connectivity index (χ0n) is 11.8. The first kappa shape index (κ1) is 14.0. The molecule has 102 valence electrons. The molecule has 0 fully saturated rings. The molecule has 1 heterocycles. The molecule has 0 saturated heterocycles. The second kappa shape index (κ2) is 5.31. The number of aromatic nitrogens is 1. The van der Waals surface area contributed by atoms with Crippen LogP contribution in [0.3, 0.4) is 0 Å². The van der Waals surface area contributed by atoms with E-state index >= 15 is 0 Å². The number of rotatable bonds is 3. The molecule has 4 heteroatoms. The van der Waals surface area contributed by atoms with Gasteiger partial charge in [0.2, 0.25) is 0 Å². The van der Waals surface area contributed by atoms with Crippen molar-refractivity contribution in [2.45, 2.75) is 26.8 Å². The molecule has 1 unspecified atom stereocenters. The van der Waals surface area contributed by atoms with E-state index in [1.165, 1.54) is 0 Å². The quantitative estimate of drug-likeness (QED) is 0.926. The topological polar surface area (TPSA) is 48.1 Å². The number of methoxy groups -OCH3 is 1. The Balaban J connectivity index is 2.36. The van der Waals surface area contributed by atoms with E-state index in [0.29, 0.717) is 0 Å². The lowest BCUT2D eigenvalue weighted by Crippen LogP contribution is -2.26. The maximum Gasteiger partial charge on any atom is 0.128 e. The lowest BCUT2D eigenvalue weighted by Gasteiger charge is -2.24. The predicted octanol–water partition coefficient (Wildman–Crippen LogP) is 3.86. The molecule has 0 aliphatic rings. The summed E-state index contributed by atoms with van der Waals surface area (Å²) in [7, 11) is 1.67. The van der Waals surface area contributed by atoms with Crippen LogP contribution in [0.15, 0.2) is 29.6 Å². The summed E-state index contributed by atoms with van der Waals surface area (Å²) in [5.41, 5.74) is 8.20. The Labute approximate surface area is 118 Å². The normalized spacial score (nSPS) is 13.3. The fourth-order valence-electron chi connectivity index (χ4n) is 1.78. The average molecular weight is 276 g/mol. The monoisotopic (exact) mass is 276 g/mol. The molecule has 19 heavy (non-hydrogen) atoms. The molecule has 1 aromatic carbocycles. The van der Waals surface area contributed by atoms with Crippen LogP contribution in [-0.4, -0.2) is 12.1 Å². The molecule has 0 bridgehead atoms. The molecule has 0 saturated carbocycles. The highest BCUT2D eigenvalue weighted by molar-refractivity contribution is 7.10. The van der Waals surface area contributed by atoms with E-state index < -0.39 is 0 Å². The Morgan fingerprint density at radius 1 is 1.26 bits per heavy atom. The van der Waals surface area contributed by atoms with E-state index in [2.05, 4.69) is 25.8 Å². The lowest BCUT2D eigenvalue weighted by atomic mass is 9.88. The zero-order chi connectivity index (χ0) is 14.0. The number of thiazole rings is 1. The van der Waals surface area contributed by atoms with Crippen molar-refractivity contribution in [1.82, 2.24) is 4.98 Å². The van der Waals surface area contributed by atoms with Gasteiger partial charge < -0.3 is 10.5 Å². The maximum absolute atomic E-state index is 6.25. The molecule has 0 radical (unpaired) electrons. The average Bonchev–Trinajstić information content (AvgIpc) is 2.86. The number of ether oxygens (including phenoxy) is 1. The van der Waals surface area contributed by atoms with Gasteiger partial charge in [0.1, 0.15) is 10.8 Å². The molecule has 2 rings (SSSR count). The van der Waals surface area contributed by atoms with Gasteiger partial charge in [-0.05, 0) is 17.5 Å². The van der Waals surface area contributed by atoms with Gasteiger partial charge in [0.05, 0.1) is 18.8 Å². The van der Waals surface area contributed by atoms with Crippen molar-refractivity contribution in [3.8, 4) is 17.0 Å². The minimum atomic E-state index is -0.0547. The summed E-state index contributed by atoms with van der Waals surface area (Å²) in [4.78, 5) is 4.67. The van der Waals surface area contributed by atoms with Gasteiger partial charge in [0.25, 0.3) is 0 Å². The highest BCUT2D eigenvalue weighted by atomic mass is 32.1. The van der Waals surface area contributed by atoms with Crippen LogP contribution in [0.1, 0.15) is 31.8 Å². The van der Waals surface area contributed by atoms with Crippen molar-refractivity contribution in [3.63, 3.8) is 0 Å². The van der Waals surface area contributed by atoms with Crippen LogP contribution in [-0.2, 0) is 0 Å². The van der Waals surface area contributed by atoms with Gasteiger partial charge in [-0.3, -0.25) is 0 Å². The molecule has 3 nitrogen and oxygen atoms in total. The molecule has 0 amide bonds. The second-order valence-corrected chi connectivity index (χ2v) is 6.50. The number of benzene rings is 1. The Morgan fingerprint density at radius 2 is 1.95 bits per heavy atom. The van der Waals surface area contributed by atoms with Crippen LogP contribution in [0, 0.1) is 5.41 Å². The molecule has 0 spiro atoms. The molecule has 2 N–H and O–H groups in total. The largest absolute Gasteiger partial charge is 0.496 e. The van der Waals surface area contributed by atoms with Gasteiger partial charge in [-0.2, -0.15) is 0 Å². The number of hydrogen-bond acceptors (Lipinski definition) is 4. The summed E-state index contributed by atoms with van der Waals surface area (Å²) in [6.07, 6.45) is 0. The molecule has 0 aliphatic carbocycles. The van der Waals surface area contributed by atoms with Crippen molar-refractivity contribution in [2.75, 3.05) is 7.11 Å². The first-order chi connectivity index (χ1) is 8.93. The first-order valence-electron chi connectivity index (χ1n) is 6.28. The molecule has 1 aromatic heterocycles. The molecule has 2 aromatic rings. The fourth-order valence-corrected chi connectivity index (χ4v) is 2.84. The van der Waals surface area contributed by atoms with Crippen LogP contribution in [0.2, 0.25) is 0 Å². The highest BCUT2D eigenvalue weighted by Gasteiger charge is 2.25. The zero-order valence-corrected chi connectivity index (χ0v) is 12.6. The highest BCUT2D eigenvalue weighted by Crippen LogP contribution is 2.36. The van der Waals surface area contributed by atoms with Crippen LogP contribution >= 0.6 is 11.3 Å². The van der Waals surface area contributed by atoms with Crippen molar-refractivity contribution in [1.29, 1.82) is 0 Å².